The van der Waals surface area contributed by atoms with E-state index >= 15 is 0 Å². The second-order valence-electron chi connectivity index (χ2n) is 5.43. The lowest BCUT2D eigenvalue weighted by Crippen LogP contribution is -2.10. The van der Waals surface area contributed by atoms with Gasteiger partial charge in [-0.2, -0.15) is 0 Å². The number of rotatable bonds is 2. The number of allylic oxidation sites excluding steroid dienone is 6. The highest BCUT2D eigenvalue weighted by Crippen LogP contribution is 2.38. The molecule has 0 aliphatic heterocycles. The molecule has 0 aromatic heterocycles. The first-order chi connectivity index (χ1) is 9.34. The summed E-state index contributed by atoms with van der Waals surface area (Å²) in [5, 5.41) is 0. The van der Waals surface area contributed by atoms with Gasteiger partial charge in [-0.3, -0.25) is 0 Å². The van der Waals surface area contributed by atoms with E-state index in [4.69, 9.17) is 0 Å². The zero-order valence-electron chi connectivity index (χ0n) is 11.1. The van der Waals surface area contributed by atoms with Crippen molar-refractivity contribution >= 4 is 5.57 Å². The van der Waals surface area contributed by atoms with Gasteiger partial charge < -0.3 is 0 Å². The molecule has 1 saturated carbocycles. The van der Waals surface area contributed by atoms with E-state index in [1.165, 1.54) is 48.8 Å². The third-order valence-electron chi connectivity index (χ3n) is 4.14. The van der Waals surface area contributed by atoms with Crippen LogP contribution >= 0.6 is 0 Å². The summed E-state index contributed by atoms with van der Waals surface area (Å²) in [6, 6.07) is 6.99. The molecule has 0 spiro atoms. The molecule has 2 aliphatic rings. The average Bonchev–Trinajstić information content (AvgIpc) is 2.96. The maximum atomic E-state index is 13.1. The van der Waals surface area contributed by atoms with E-state index in [9.17, 15) is 4.39 Å². The molecule has 0 radical (unpaired) electrons. The monoisotopic (exact) mass is 254 g/mol. The van der Waals surface area contributed by atoms with Crippen LogP contribution in [0.5, 0.6) is 0 Å². The van der Waals surface area contributed by atoms with E-state index in [2.05, 4.69) is 24.3 Å². The lowest BCUT2D eigenvalue weighted by molar-refractivity contribution is 0.429. The summed E-state index contributed by atoms with van der Waals surface area (Å²) in [5.41, 5.74) is 3.89. The topological polar surface area (TPSA) is 0 Å². The molecule has 0 heterocycles. The lowest BCUT2D eigenvalue weighted by Gasteiger charge is -2.26. The Morgan fingerprint density at radius 2 is 1.53 bits per heavy atom. The maximum absolute atomic E-state index is 13.1. The molecule has 1 aromatic rings. The van der Waals surface area contributed by atoms with Crippen LogP contribution in [0.15, 0.2) is 54.1 Å². The summed E-state index contributed by atoms with van der Waals surface area (Å²) in [5.74, 6) is 0.468. The van der Waals surface area contributed by atoms with Gasteiger partial charge in [0, 0.05) is 0 Å². The van der Waals surface area contributed by atoms with Crippen LogP contribution in [-0.4, -0.2) is 0 Å². The zero-order valence-corrected chi connectivity index (χ0v) is 11.1. The molecule has 19 heavy (non-hydrogen) atoms. The summed E-state index contributed by atoms with van der Waals surface area (Å²) in [4.78, 5) is 0. The molecule has 1 fully saturated rings. The SMILES string of the molecule is Fc1ccc(C(=C2C=CC=C2)C2CCCCC2)cc1. The molecule has 2 aliphatic carbocycles. The molecule has 0 N–H and O–H groups in total. The van der Waals surface area contributed by atoms with E-state index in [0.717, 1.165) is 0 Å². The van der Waals surface area contributed by atoms with Gasteiger partial charge in [-0.05, 0) is 47.6 Å². The fourth-order valence-corrected chi connectivity index (χ4v) is 3.21. The molecule has 0 bridgehead atoms. The van der Waals surface area contributed by atoms with E-state index < -0.39 is 0 Å². The van der Waals surface area contributed by atoms with Gasteiger partial charge in [0.1, 0.15) is 5.82 Å². The number of hydrogen-bond donors (Lipinski definition) is 0. The van der Waals surface area contributed by atoms with Crippen molar-refractivity contribution in [3.63, 3.8) is 0 Å². The Balaban J connectivity index is 2.01. The highest BCUT2D eigenvalue weighted by atomic mass is 19.1. The fraction of sp³-hybridized carbons (Fsp3) is 0.333. The highest BCUT2D eigenvalue weighted by molar-refractivity contribution is 5.76. The van der Waals surface area contributed by atoms with E-state index in [-0.39, 0.29) is 5.82 Å². The van der Waals surface area contributed by atoms with Crippen molar-refractivity contribution in [2.24, 2.45) is 5.92 Å². The van der Waals surface area contributed by atoms with Crippen LogP contribution < -0.4 is 0 Å². The zero-order chi connectivity index (χ0) is 13.1. The van der Waals surface area contributed by atoms with Crippen LogP contribution in [0.2, 0.25) is 0 Å². The predicted octanol–water partition coefficient (Wildman–Crippen LogP) is 5.29. The molecular weight excluding hydrogens is 235 g/mol. The summed E-state index contributed by atoms with van der Waals surface area (Å²) in [6.07, 6.45) is 15.0. The molecule has 98 valence electrons. The Hall–Kier alpha value is -1.63. The summed E-state index contributed by atoms with van der Waals surface area (Å²) in [7, 11) is 0. The number of hydrogen-bond acceptors (Lipinski definition) is 0. The summed E-state index contributed by atoms with van der Waals surface area (Å²) >= 11 is 0. The standard InChI is InChI=1S/C18H19F/c19-17-12-10-16(11-13-17)18(15-8-4-5-9-15)14-6-2-1-3-7-14/h4-5,8-14H,1-3,6-7H2. The minimum atomic E-state index is -0.158. The molecular formula is C18H19F. The highest BCUT2D eigenvalue weighted by Gasteiger charge is 2.21. The summed E-state index contributed by atoms with van der Waals surface area (Å²) in [6.45, 7) is 0. The van der Waals surface area contributed by atoms with Crippen LogP contribution in [0.4, 0.5) is 4.39 Å². The largest absolute Gasteiger partial charge is 0.207 e. The van der Waals surface area contributed by atoms with Gasteiger partial charge in [0.2, 0.25) is 0 Å². The van der Waals surface area contributed by atoms with Crippen molar-refractivity contribution in [3.8, 4) is 0 Å². The van der Waals surface area contributed by atoms with Gasteiger partial charge in [0.05, 0.1) is 0 Å². The molecule has 0 amide bonds. The van der Waals surface area contributed by atoms with Crippen LogP contribution in [-0.2, 0) is 0 Å². The minimum Gasteiger partial charge on any atom is -0.207 e. The molecule has 3 rings (SSSR count). The van der Waals surface area contributed by atoms with Crippen molar-refractivity contribution in [2.75, 3.05) is 0 Å². The van der Waals surface area contributed by atoms with Gasteiger partial charge in [0.25, 0.3) is 0 Å². The van der Waals surface area contributed by atoms with Crippen molar-refractivity contribution in [1.29, 1.82) is 0 Å². The van der Waals surface area contributed by atoms with Crippen molar-refractivity contribution < 1.29 is 4.39 Å². The van der Waals surface area contributed by atoms with Crippen LogP contribution in [0.3, 0.4) is 0 Å². The molecule has 1 aromatic carbocycles. The maximum Gasteiger partial charge on any atom is 0.123 e. The van der Waals surface area contributed by atoms with E-state index in [1.54, 1.807) is 12.1 Å². The number of halogens is 1. The van der Waals surface area contributed by atoms with Crippen molar-refractivity contribution in [1.82, 2.24) is 0 Å². The average molecular weight is 254 g/mol. The smallest absolute Gasteiger partial charge is 0.123 e. The normalized spacial score (nSPS) is 19.1. The third-order valence-corrected chi connectivity index (χ3v) is 4.14. The van der Waals surface area contributed by atoms with Crippen LogP contribution in [0.25, 0.3) is 5.57 Å². The van der Waals surface area contributed by atoms with Gasteiger partial charge in [-0.25, -0.2) is 4.39 Å². The van der Waals surface area contributed by atoms with Gasteiger partial charge in [-0.1, -0.05) is 55.7 Å². The first-order valence-corrected chi connectivity index (χ1v) is 7.19. The van der Waals surface area contributed by atoms with Gasteiger partial charge >= 0.3 is 0 Å². The van der Waals surface area contributed by atoms with Gasteiger partial charge in [0.15, 0.2) is 0 Å². The Morgan fingerprint density at radius 3 is 2.16 bits per heavy atom. The Morgan fingerprint density at radius 1 is 0.895 bits per heavy atom. The quantitative estimate of drug-likeness (QED) is 0.673. The fourth-order valence-electron chi connectivity index (χ4n) is 3.21. The molecule has 0 saturated heterocycles. The van der Waals surface area contributed by atoms with Gasteiger partial charge in [-0.15, -0.1) is 0 Å². The van der Waals surface area contributed by atoms with E-state index in [0.29, 0.717) is 5.92 Å². The van der Waals surface area contributed by atoms with Crippen LogP contribution in [0.1, 0.15) is 37.7 Å². The first-order valence-electron chi connectivity index (χ1n) is 7.19. The lowest BCUT2D eigenvalue weighted by atomic mass is 9.79. The Labute approximate surface area is 114 Å². The Kier molecular flexibility index (Phi) is 3.63. The van der Waals surface area contributed by atoms with Crippen LogP contribution in [0, 0.1) is 11.7 Å². The molecule has 1 heteroatoms. The second kappa shape index (κ2) is 5.56. The van der Waals surface area contributed by atoms with E-state index in [1.807, 2.05) is 12.1 Å². The molecule has 0 unspecified atom stereocenters. The molecule has 0 nitrogen and oxygen atoms in total. The third kappa shape index (κ3) is 2.70. The first kappa shape index (κ1) is 12.4. The summed E-state index contributed by atoms with van der Waals surface area (Å²) < 4.78 is 13.1. The predicted molar refractivity (Wildman–Crippen MR) is 78.2 cm³/mol. The number of benzene rings is 1. The Bertz CT molecular complexity index is 511. The minimum absolute atomic E-state index is 0.158. The van der Waals surface area contributed by atoms with Crippen molar-refractivity contribution in [2.45, 2.75) is 32.1 Å². The second-order valence-corrected chi connectivity index (χ2v) is 5.43. The van der Waals surface area contributed by atoms with Crippen molar-refractivity contribution in [3.05, 3.63) is 65.5 Å². The molecule has 0 atom stereocenters.